The molecule has 0 aliphatic heterocycles. The number of rotatable bonds is 5. The predicted octanol–water partition coefficient (Wildman–Crippen LogP) is 7.02. The van der Waals surface area contributed by atoms with Crippen LogP contribution in [0.5, 0.6) is 0 Å². The van der Waals surface area contributed by atoms with Crippen molar-refractivity contribution in [3.8, 4) is 0 Å². The molecule has 32 heavy (non-hydrogen) atoms. The third kappa shape index (κ3) is 3.91. The largest absolute Gasteiger partial charge is 0.399 e. The van der Waals surface area contributed by atoms with Crippen LogP contribution in [0.3, 0.4) is 0 Å². The molecule has 4 aliphatic carbocycles. The molecular formula is C29H47NO2. The molecule has 0 radical (unpaired) electrons. The van der Waals surface area contributed by atoms with Gasteiger partial charge in [0.05, 0.1) is 11.8 Å². The Kier molecular flexibility index (Phi) is 6.71. The Balaban J connectivity index is 1.64. The van der Waals surface area contributed by atoms with Gasteiger partial charge in [0.1, 0.15) is 7.11 Å². The highest BCUT2D eigenvalue weighted by molar-refractivity contribution is 5.99. The van der Waals surface area contributed by atoms with E-state index in [0.29, 0.717) is 40.9 Å². The van der Waals surface area contributed by atoms with E-state index in [1.54, 1.807) is 12.7 Å². The summed E-state index contributed by atoms with van der Waals surface area (Å²) in [5, 5.41) is 14.9. The van der Waals surface area contributed by atoms with Crippen molar-refractivity contribution in [2.75, 3.05) is 7.11 Å². The van der Waals surface area contributed by atoms with Crippen LogP contribution in [0, 0.1) is 52.3 Å². The maximum Gasteiger partial charge on any atom is 0.106 e. The molecule has 0 amide bonds. The molecule has 180 valence electrons. The third-order valence-electron chi connectivity index (χ3n) is 10.6. The fourth-order valence-electron chi connectivity index (χ4n) is 8.17. The van der Waals surface area contributed by atoms with Gasteiger partial charge in [0, 0.05) is 5.92 Å². The van der Waals surface area contributed by atoms with Crippen LogP contribution in [0.1, 0.15) is 86.5 Å². The normalized spacial score (nSPS) is 44.7. The number of hydrogen-bond donors (Lipinski definition) is 1. The van der Waals surface area contributed by atoms with Gasteiger partial charge < -0.3 is 9.94 Å². The van der Waals surface area contributed by atoms with E-state index >= 15 is 0 Å². The van der Waals surface area contributed by atoms with Gasteiger partial charge in [0.15, 0.2) is 0 Å². The molecule has 0 aromatic heterocycles. The minimum absolute atomic E-state index is 0.198. The lowest BCUT2D eigenvalue weighted by atomic mass is 9.47. The molecule has 9 unspecified atom stereocenters. The van der Waals surface area contributed by atoms with E-state index in [1.165, 1.54) is 25.7 Å². The Morgan fingerprint density at radius 1 is 0.969 bits per heavy atom. The smallest absolute Gasteiger partial charge is 0.106 e. The molecule has 3 fully saturated rings. The first kappa shape index (κ1) is 24.0. The summed E-state index contributed by atoms with van der Waals surface area (Å²) in [6.45, 7) is 14.5. The molecule has 0 heterocycles. The number of allylic oxidation sites excluding steroid dienone is 4. The first-order valence-corrected chi connectivity index (χ1v) is 13.3. The quantitative estimate of drug-likeness (QED) is 0.368. The van der Waals surface area contributed by atoms with Gasteiger partial charge in [-0.25, -0.2) is 0 Å². The number of nitrogens with zero attached hydrogens (tertiary/aromatic N) is 1. The summed E-state index contributed by atoms with van der Waals surface area (Å²) in [7, 11) is 1.66. The molecule has 4 rings (SSSR count). The van der Waals surface area contributed by atoms with Crippen LogP contribution >= 0.6 is 0 Å². The molecular weight excluding hydrogens is 394 g/mol. The summed E-state index contributed by atoms with van der Waals surface area (Å²) < 4.78 is 0. The highest BCUT2D eigenvalue weighted by atomic mass is 16.6. The van der Waals surface area contributed by atoms with Gasteiger partial charge in [0.2, 0.25) is 0 Å². The van der Waals surface area contributed by atoms with Crippen molar-refractivity contribution in [3.05, 3.63) is 23.8 Å². The van der Waals surface area contributed by atoms with Crippen LogP contribution < -0.4 is 0 Å². The van der Waals surface area contributed by atoms with E-state index in [0.717, 1.165) is 30.9 Å². The molecule has 3 nitrogen and oxygen atoms in total. The highest BCUT2D eigenvalue weighted by Crippen LogP contribution is 2.66. The minimum atomic E-state index is -0.198. The molecule has 0 spiro atoms. The second-order valence-corrected chi connectivity index (χ2v) is 12.5. The van der Waals surface area contributed by atoms with Crippen LogP contribution in [0.4, 0.5) is 0 Å². The molecule has 0 saturated heterocycles. The van der Waals surface area contributed by atoms with Crippen LogP contribution in [-0.4, -0.2) is 24.0 Å². The van der Waals surface area contributed by atoms with Crippen molar-refractivity contribution in [1.29, 1.82) is 0 Å². The van der Waals surface area contributed by atoms with Gasteiger partial charge in [-0.3, -0.25) is 0 Å². The maximum absolute atomic E-state index is 10.4. The van der Waals surface area contributed by atoms with Gasteiger partial charge in [-0.05, 0) is 97.4 Å². The zero-order valence-corrected chi connectivity index (χ0v) is 21.6. The Morgan fingerprint density at radius 3 is 2.34 bits per heavy atom. The monoisotopic (exact) mass is 441 g/mol. The molecule has 3 saturated carbocycles. The van der Waals surface area contributed by atoms with E-state index in [1.807, 2.05) is 0 Å². The Morgan fingerprint density at radius 2 is 1.66 bits per heavy atom. The van der Waals surface area contributed by atoms with Crippen molar-refractivity contribution in [2.45, 2.75) is 92.6 Å². The lowest BCUT2D eigenvalue weighted by Crippen LogP contribution is -2.52. The summed E-state index contributed by atoms with van der Waals surface area (Å²) in [5.74, 6) is 4.36. The number of aliphatic hydroxyl groups is 1. The van der Waals surface area contributed by atoms with Crippen LogP contribution in [0.25, 0.3) is 0 Å². The van der Waals surface area contributed by atoms with Gasteiger partial charge >= 0.3 is 0 Å². The first-order chi connectivity index (χ1) is 15.1. The zero-order valence-electron chi connectivity index (χ0n) is 21.6. The lowest BCUT2D eigenvalue weighted by Gasteiger charge is -2.57. The first-order valence-electron chi connectivity index (χ1n) is 13.3. The second-order valence-electron chi connectivity index (χ2n) is 12.5. The Bertz CT molecular complexity index is 782. The Hall–Kier alpha value is -1.09. The number of fused-ring (bicyclic) bond motifs is 5. The number of hydrogen-bond acceptors (Lipinski definition) is 3. The summed E-state index contributed by atoms with van der Waals surface area (Å²) in [4.78, 5) is 5.31. The van der Waals surface area contributed by atoms with E-state index in [4.69, 9.17) is 4.84 Å². The van der Waals surface area contributed by atoms with Gasteiger partial charge in [-0.1, -0.05) is 64.4 Å². The molecule has 9 atom stereocenters. The lowest BCUT2D eigenvalue weighted by molar-refractivity contribution is -0.0160. The minimum Gasteiger partial charge on any atom is -0.399 e. The third-order valence-corrected chi connectivity index (χ3v) is 10.6. The van der Waals surface area contributed by atoms with Crippen LogP contribution in [0.15, 0.2) is 29.0 Å². The fourth-order valence-corrected chi connectivity index (χ4v) is 8.17. The average Bonchev–Trinajstić information content (AvgIpc) is 3.10. The second kappa shape index (κ2) is 8.93. The standard InChI is InChI=1S/C29H47NO2/c1-18(2)19(3)8-9-20(4)23-10-11-24-22-17-27(30-32-7)26-16-21(31)12-14-29(26,6)25(22)13-15-28(23,24)5/h8-9,17-21,23-26,31H,10-16H2,1-7H3. The van der Waals surface area contributed by atoms with Crippen molar-refractivity contribution in [1.82, 2.24) is 0 Å². The van der Waals surface area contributed by atoms with Crippen molar-refractivity contribution in [2.24, 2.45) is 57.4 Å². The van der Waals surface area contributed by atoms with E-state index in [9.17, 15) is 5.11 Å². The average molecular weight is 442 g/mol. The molecule has 4 aliphatic rings. The van der Waals surface area contributed by atoms with E-state index in [2.05, 4.69) is 64.9 Å². The van der Waals surface area contributed by atoms with Crippen LogP contribution in [0.2, 0.25) is 0 Å². The summed E-state index contributed by atoms with van der Waals surface area (Å²) in [6.07, 6.45) is 15.4. The van der Waals surface area contributed by atoms with E-state index < -0.39 is 0 Å². The highest BCUT2D eigenvalue weighted by Gasteiger charge is 2.59. The van der Waals surface area contributed by atoms with E-state index in [-0.39, 0.29) is 11.5 Å². The SMILES string of the molecule is CON=C1C=C2C(CCC3(C)C2CCC3C(C)C=CC(C)C(C)C)C2(C)CCC(O)CC12. The van der Waals surface area contributed by atoms with Gasteiger partial charge in [-0.15, -0.1) is 0 Å². The molecule has 3 heteroatoms. The van der Waals surface area contributed by atoms with Crippen molar-refractivity contribution >= 4 is 5.71 Å². The number of oxime groups is 1. The Labute approximate surface area is 196 Å². The topological polar surface area (TPSA) is 41.8 Å². The zero-order chi connectivity index (χ0) is 23.3. The maximum atomic E-state index is 10.4. The fraction of sp³-hybridized carbons (Fsp3) is 0.828. The van der Waals surface area contributed by atoms with Crippen molar-refractivity contribution in [3.63, 3.8) is 0 Å². The molecule has 0 aromatic rings. The van der Waals surface area contributed by atoms with Crippen molar-refractivity contribution < 1.29 is 9.94 Å². The summed E-state index contributed by atoms with van der Waals surface area (Å²) >= 11 is 0. The molecule has 0 bridgehead atoms. The number of aliphatic hydroxyl groups excluding tert-OH is 1. The van der Waals surface area contributed by atoms with Crippen LogP contribution in [-0.2, 0) is 4.84 Å². The van der Waals surface area contributed by atoms with Gasteiger partial charge in [0.25, 0.3) is 0 Å². The summed E-state index contributed by atoms with van der Waals surface area (Å²) in [6, 6.07) is 0. The summed E-state index contributed by atoms with van der Waals surface area (Å²) in [5.41, 5.74) is 3.34. The molecule has 0 aromatic carbocycles. The molecule has 1 N–H and O–H groups in total. The predicted molar refractivity (Wildman–Crippen MR) is 133 cm³/mol. The van der Waals surface area contributed by atoms with Gasteiger partial charge in [-0.2, -0.15) is 0 Å².